The van der Waals surface area contributed by atoms with E-state index < -0.39 is 17.7 Å². The molecule has 32 heavy (non-hydrogen) atoms. The number of para-hydroxylation sites is 1. The number of carbonyl (C=O) groups excluding carboxylic acids is 1. The zero-order valence-electron chi connectivity index (χ0n) is 18.7. The van der Waals surface area contributed by atoms with Crippen molar-refractivity contribution in [1.82, 2.24) is 10.3 Å². The first-order valence-corrected chi connectivity index (χ1v) is 11.4. The lowest BCUT2D eigenvalue weighted by molar-refractivity contribution is -0.137. The monoisotopic (exact) mass is 444 g/mol. The molecule has 3 aromatic rings. The van der Waals surface area contributed by atoms with Gasteiger partial charge in [-0.25, -0.2) is 0 Å². The molecule has 3 rings (SSSR count). The molecule has 2 N–H and O–H groups in total. The first kappa shape index (κ1) is 23.9. The summed E-state index contributed by atoms with van der Waals surface area (Å²) in [4.78, 5) is 16.0. The smallest absolute Gasteiger partial charge is 0.361 e. The van der Waals surface area contributed by atoms with E-state index in [9.17, 15) is 18.0 Å². The van der Waals surface area contributed by atoms with Crippen LogP contribution in [0.15, 0.2) is 48.7 Å². The maximum absolute atomic E-state index is 13.4. The second kappa shape index (κ2) is 10.7. The summed E-state index contributed by atoms with van der Waals surface area (Å²) >= 11 is 0. The minimum absolute atomic E-state index is 0.0956. The molecule has 3 nitrogen and oxygen atoms in total. The van der Waals surface area contributed by atoms with Gasteiger partial charge >= 0.3 is 6.18 Å². The van der Waals surface area contributed by atoms with Gasteiger partial charge in [-0.2, -0.15) is 13.2 Å². The van der Waals surface area contributed by atoms with Crippen LogP contribution in [0.25, 0.3) is 10.9 Å². The first-order chi connectivity index (χ1) is 15.3. The van der Waals surface area contributed by atoms with Gasteiger partial charge in [0.25, 0.3) is 0 Å². The van der Waals surface area contributed by atoms with Crippen LogP contribution in [-0.4, -0.2) is 17.4 Å². The molecule has 1 aromatic heterocycles. The van der Waals surface area contributed by atoms with Gasteiger partial charge in [-0.1, -0.05) is 69.5 Å². The normalized spacial score (nSPS) is 12.8. The Morgan fingerprint density at radius 3 is 2.56 bits per heavy atom. The molecule has 0 unspecified atom stereocenters. The Kier molecular flexibility index (Phi) is 7.99. The van der Waals surface area contributed by atoms with E-state index in [4.69, 9.17) is 0 Å². The average molecular weight is 445 g/mol. The Morgan fingerprint density at radius 1 is 1.06 bits per heavy atom. The highest BCUT2D eigenvalue weighted by molar-refractivity contribution is 5.88. The van der Waals surface area contributed by atoms with Gasteiger partial charge in [0.2, 0.25) is 5.91 Å². The summed E-state index contributed by atoms with van der Waals surface area (Å²) in [5.41, 5.74) is 2.74. The van der Waals surface area contributed by atoms with E-state index >= 15 is 0 Å². The fraction of sp³-hybridized carbons (Fsp3) is 0.423. The molecule has 0 saturated heterocycles. The predicted molar refractivity (Wildman–Crippen MR) is 123 cm³/mol. The van der Waals surface area contributed by atoms with Crippen LogP contribution in [0.2, 0.25) is 0 Å². The maximum Gasteiger partial charge on any atom is 0.416 e. The molecule has 0 aliphatic rings. The van der Waals surface area contributed by atoms with Gasteiger partial charge in [-0.15, -0.1) is 0 Å². The van der Waals surface area contributed by atoms with E-state index in [1.807, 2.05) is 24.4 Å². The van der Waals surface area contributed by atoms with Crippen LogP contribution in [-0.2, 0) is 17.4 Å². The van der Waals surface area contributed by atoms with Crippen molar-refractivity contribution in [1.29, 1.82) is 0 Å². The molecule has 2 aromatic carbocycles. The lowest BCUT2D eigenvalue weighted by Crippen LogP contribution is -2.26. The Hall–Kier alpha value is -2.76. The number of alkyl halides is 3. The van der Waals surface area contributed by atoms with Gasteiger partial charge in [0, 0.05) is 36.0 Å². The number of hydrogen-bond donors (Lipinski definition) is 2. The summed E-state index contributed by atoms with van der Waals surface area (Å²) in [6.07, 6.45) is 2.53. The maximum atomic E-state index is 13.4. The van der Waals surface area contributed by atoms with Crippen molar-refractivity contribution >= 4 is 16.8 Å². The highest BCUT2D eigenvalue weighted by atomic mass is 19.4. The van der Waals surface area contributed by atoms with E-state index in [1.165, 1.54) is 12.1 Å². The van der Waals surface area contributed by atoms with Crippen LogP contribution in [0, 0.1) is 0 Å². The lowest BCUT2D eigenvalue weighted by Gasteiger charge is -2.19. The fourth-order valence-electron chi connectivity index (χ4n) is 4.20. The number of carbonyl (C=O) groups is 1. The molecular formula is C26H31F3N2O. The third-order valence-corrected chi connectivity index (χ3v) is 5.95. The number of aryl methyl sites for hydroxylation is 1. The van der Waals surface area contributed by atoms with Crippen LogP contribution in [0.4, 0.5) is 13.2 Å². The van der Waals surface area contributed by atoms with Gasteiger partial charge in [0.1, 0.15) is 0 Å². The number of halogens is 3. The Morgan fingerprint density at radius 2 is 1.84 bits per heavy atom. The number of nitrogens with one attached hydrogen (secondary N) is 2. The van der Waals surface area contributed by atoms with E-state index in [1.54, 1.807) is 6.07 Å². The predicted octanol–water partition coefficient (Wildman–Crippen LogP) is 6.97. The number of unbranched alkanes of at least 4 members (excludes halogenated alkanes) is 3. The van der Waals surface area contributed by atoms with Crippen molar-refractivity contribution in [3.8, 4) is 0 Å². The number of aromatic nitrogens is 1. The Balaban J connectivity index is 1.93. The van der Waals surface area contributed by atoms with Crippen molar-refractivity contribution < 1.29 is 18.0 Å². The Bertz CT molecular complexity index is 1040. The van der Waals surface area contributed by atoms with E-state index in [0.717, 1.165) is 60.2 Å². The third kappa shape index (κ3) is 5.72. The van der Waals surface area contributed by atoms with Gasteiger partial charge in [-0.3, -0.25) is 4.79 Å². The molecule has 0 aliphatic carbocycles. The molecule has 0 saturated carbocycles. The van der Waals surface area contributed by atoms with Crippen LogP contribution in [0.1, 0.15) is 74.1 Å². The topological polar surface area (TPSA) is 44.9 Å². The van der Waals surface area contributed by atoms with Gasteiger partial charge in [0.15, 0.2) is 0 Å². The SMILES string of the molecule is CCCCCCNC(=O)C[C@H](c1cccc(C(F)(F)F)c1)c1c[nH]c2c(CC)cccc12. The van der Waals surface area contributed by atoms with Crippen molar-refractivity contribution in [2.24, 2.45) is 0 Å². The zero-order valence-corrected chi connectivity index (χ0v) is 18.7. The molecule has 0 aliphatic heterocycles. The molecular weight excluding hydrogens is 413 g/mol. The van der Waals surface area contributed by atoms with E-state index in [0.29, 0.717) is 12.1 Å². The van der Waals surface area contributed by atoms with Crippen molar-refractivity contribution in [3.05, 3.63) is 70.9 Å². The van der Waals surface area contributed by atoms with Crippen LogP contribution < -0.4 is 5.32 Å². The molecule has 1 amide bonds. The third-order valence-electron chi connectivity index (χ3n) is 5.95. The van der Waals surface area contributed by atoms with Gasteiger partial charge in [-0.05, 0) is 35.6 Å². The zero-order chi connectivity index (χ0) is 23.1. The summed E-state index contributed by atoms with van der Waals surface area (Å²) in [5, 5.41) is 3.89. The van der Waals surface area contributed by atoms with Crippen molar-refractivity contribution in [3.63, 3.8) is 0 Å². The van der Waals surface area contributed by atoms with Gasteiger partial charge in [0.05, 0.1) is 5.56 Å². The molecule has 0 bridgehead atoms. The molecule has 1 atom stereocenters. The number of amides is 1. The van der Waals surface area contributed by atoms with Crippen molar-refractivity contribution in [2.45, 2.75) is 64.5 Å². The summed E-state index contributed by atoms with van der Waals surface area (Å²) in [7, 11) is 0. The number of rotatable bonds is 10. The van der Waals surface area contributed by atoms with Gasteiger partial charge < -0.3 is 10.3 Å². The highest BCUT2D eigenvalue weighted by Gasteiger charge is 2.32. The quantitative estimate of drug-likeness (QED) is 0.326. The van der Waals surface area contributed by atoms with Crippen LogP contribution in [0.3, 0.4) is 0 Å². The number of hydrogen-bond acceptors (Lipinski definition) is 1. The number of fused-ring (bicyclic) bond motifs is 1. The summed E-state index contributed by atoms with van der Waals surface area (Å²) in [5.74, 6) is -0.626. The summed E-state index contributed by atoms with van der Waals surface area (Å²) in [6, 6.07) is 11.3. The molecule has 0 radical (unpaired) electrons. The lowest BCUT2D eigenvalue weighted by atomic mass is 9.86. The van der Waals surface area contributed by atoms with Crippen molar-refractivity contribution in [2.75, 3.05) is 6.54 Å². The molecule has 6 heteroatoms. The summed E-state index contributed by atoms with van der Waals surface area (Å²) < 4.78 is 40.1. The van der Waals surface area contributed by atoms with Crippen LogP contribution in [0.5, 0.6) is 0 Å². The van der Waals surface area contributed by atoms with E-state index in [2.05, 4.69) is 24.1 Å². The fourth-order valence-corrected chi connectivity index (χ4v) is 4.20. The minimum atomic E-state index is -4.43. The summed E-state index contributed by atoms with van der Waals surface area (Å²) in [6.45, 7) is 4.77. The second-order valence-electron chi connectivity index (χ2n) is 8.23. The standard InChI is InChI=1S/C26H31F3N2O/c1-3-5-6-7-14-30-24(32)16-22(19-11-8-12-20(15-19)26(27,28)29)23-17-31-25-18(4-2)10-9-13-21(23)25/h8-13,15,17,22,31H,3-7,14,16H2,1-2H3,(H,30,32)/t22-/m1/s1. The number of aromatic amines is 1. The highest BCUT2D eigenvalue weighted by Crippen LogP contribution is 2.37. The number of H-pyrrole nitrogens is 1. The molecule has 0 fully saturated rings. The number of benzene rings is 2. The van der Waals surface area contributed by atoms with Crippen LogP contribution >= 0.6 is 0 Å². The van der Waals surface area contributed by atoms with E-state index in [-0.39, 0.29) is 12.3 Å². The first-order valence-electron chi connectivity index (χ1n) is 11.4. The molecule has 0 spiro atoms. The second-order valence-corrected chi connectivity index (χ2v) is 8.23. The largest absolute Gasteiger partial charge is 0.416 e. The molecule has 172 valence electrons. The minimum Gasteiger partial charge on any atom is -0.361 e. The molecule has 1 heterocycles. The average Bonchev–Trinajstić information content (AvgIpc) is 3.21. The Labute approximate surface area is 187 Å².